The molecule has 19 heavy (non-hydrogen) atoms. The topological polar surface area (TPSA) is 51.4 Å². The third-order valence-electron chi connectivity index (χ3n) is 3.47. The summed E-state index contributed by atoms with van der Waals surface area (Å²) in [5, 5.41) is 4.10. The van der Waals surface area contributed by atoms with Gasteiger partial charge in [0, 0.05) is 18.5 Å². The van der Waals surface area contributed by atoms with Crippen molar-refractivity contribution in [1.82, 2.24) is 15.0 Å². The van der Waals surface area contributed by atoms with Crippen molar-refractivity contribution in [2.45, 2.75) is 65.2 Å². The maximum absolute atomic E-state index is 5.75. The van der Waals surface area contributed by atoms with Crippen molar-refractivity contribution in [2.24, 2.45) is 0 Å². The van der Waals surface area contributed by atoms with Crippen molar-refractivity contribution in [3.8, 4) is 0 Å². The van der Waals surface area contributed by atoms with Gasteiger partial charge in [-0.1, -0.05) is 25.9 Å². The zero-order valence-corrected chi connectivity index (χ0v) is 12.8. The predicted octanol–water partition coefficient (Wildman–Crippen LogP) is 2.54. The lowest BCUT2D eigenvalue weighted by molar-refractivity contribution is -0.0818. The van der Waals surface area contributed by atoms with Crippen molar-refractivity contribution >= 4 is 0 Å². The van der Waals surface area contributed by atoms with Gasteiger partial charge in [-0.15, -0.1) is 0 Å². The Morgan fingerprint density at radius 1 is 1.21 bits per heavy atom. The number of aromatic nitrogens is 2. The van der Waals surface area contributed by atoms with E-state index in [0.29, 0.717) is 5.89 Å². The molecule has 0 aliphatic carbocycles. The molecule has 108 valence electrons. The van der Waals surface area contributed by atoms with Gasteiger partial charge < -0.3 is 9.26 Å². The molecule has 1 aliphatic rings. The minimum Gasteiger partial charge on any atom is -0.373 e. The molecule has 1 saturated heterocycles. The first-order chi connectivity index (χ1) is 8.77. The summed E-state index contributed by atoms with van der Waals surface area (Å²) < 4.78 is 11.2. The summed E-state index contributed by atoms with van der Waals surface area (Å²) in [4.78, 5) is 6.89. The quantitative estimate of drug-likeness (QED) is 0.824. The molecule has 0 spiro atoms. The molecular weight excluding hydrogens is 242 g/mol. The number of hydrogen-bond donors (Lipinski definition) is 0. The first-order valence-corrected chi connectivity index (χ1v) is 7.01. The Morgan fingerprint density at radius 2 is 1.79 bits per heavy atom. The second kappa shape index (κ2) is 5.21. The Morgan fingerprint density at radius 3 is 2.26 bits per heavy atom. The predicted molar refractivity (Wildman–Crippen MR) is 73.0 cm³/mol. The van der Waals surface area contributed by atoms with Gasteiger partial charge >= 0.3 is 0 Å². The van der Waals surface area contributed by atoms with Crippen LogP contribution < -0.4 is 0 Å². The number of rotatable bonds is 2. The van der Waals surface area contributed by atoms with Gasteiger partial charge in [-0.3, -0.25) is 4.90 Å². The van der Waals surface area contributed by atoms with E-state index in [9.17, 15) is 0 Å². The average molecular weight is 267 g/mol. The Bertz CT molecular complexity index is 415. The number of morpholine rings is 1. The summed E-state index contributed by atoms with van der Waals surface area (Å²) in [6.07, 6.45) is 0.493. The SMILES string of the molecule is C[C@@H]1CN([C@H](C)c2nc(C(C)(C)C)no2)C[C@@H](C)O1. The fourth-order valence-electron chi connectivity index (χ4n) is 2.40. The van der Waals surface area contributed by atoms with Crippen molar-refractivity contribution in [3.63, 3.8) is 0 Å². The van der Waals surface area contributed by atoms with Gasteiger partial charge in [0.25, 0.3) is 0 Å². The Hall–Kier alpha value is -0.940. The van der Waals surface area contributed by atoms with Crippen molar-refractivity contribution < 1.29 is 9.26 Å². The third-order valence-corrected chi connectivity index (χ3v) is 3.47. The molecular formula is C14H25N3O2. The number of hydrogen-bond acceptors (Lipinski definition) is 5. The lowest BCUT2D eigenvalue weighted by Gasteiger charge is -2.37. The van der Waals surface area contributed by atoms with Gasteiger partial charge in [-0.25, -0.2) is 0 Å². The van der Waals surface area contributed by atoms with Gasteiger partial charge in [-0.2, -0.15) is 4.98 Å². The summed E-state index contributed by atoms with van der Waals surface area (Å²) in [5.41, 5.74) is -0.0763. The van der Waals surface area contributed by atoms with E-state index in [0.717, 1.165) is 18.9 Å². The molecule has 0 N–H and O–H groups in total. The summed E-state index contributed by atoms with van der Waals surface area (Å²) in [6.45, 7) is 14.4. The summed E-state index contributed by atoms with van der Waals surface area (Å²) in [6, 6.07) is 0.136. The van der Waals surface area contributed by atoms with Crippen LogP contribution in [0.2, 0.25) is 0 Å². The average Bonchev–Trinajstić information content (AvgIpc) is 2.75. The lowest BCUT2D eigenvalue weighted by Crippen LogP contribution is -2.46. The molecule has 1 aliphatic heterocycles. The molecule has 0 aromatic carbocycles. The maximum Gasteiger partial charge on any atom is 0.243 e. The Labute approximate surface area is 115 Å². The second-order valence-corrected chi connectivity index (χ2v) is 6.59. The Balaban J connectivity index is 2.11. The van der Waals surface area contributed by atoms with E-state index in [2.05, 4.69) is 56.6 Å². The van der Waals surface area contributed by atoms with E-state index in [1.807, 2.05) is 0 Å². The molecule has 0 bridgehead atoms. The number of nitrogens with zero attached hydrogens (tertiary/aromatic N) is 3. The fourth-order valence-corrected chi connectivity index (χ4v) is 2.40. The first kappa shape index (κ1) is 14.5. The van der Waals surface area contributed by atoms with Crippen LogP contribution in [-0.2, 0) is 10.2 Å². The summed E-state index contributed by atoms with van der Waals surface area (Å²) in [5.74, 6) is 1.47. The highest BCUT2D eigenvalue weighted by Crippen LogP contribution is 2.26. The molecule has 3 atom stereocenters. The highest BCUT2D eigenvalue weighted by Gasteiger charge is 2.30. The molecule has 5 heteroatoms. The van der Waals surface area contributed by atoms with Gasteiger partial charge in [0.05, 0.1) is 18.2 Å². The summed E-state index contributed by atoms with van der Waals surface area (Å²) >= 11 is 0. The van der Waals surface area contributed by atoms with Crippen LogP contribution in [0.15, 0.2) is 4.52 Å². The van der Waals surface area contributed by atoms with Crippen LogP contribution in [0.1, 0.15) is 59.3 Å². The van der Waals surface area contributed by atoms with Crippen molar-refractivity contribution in [3.05, 3.63) is 11.7 Å². The smallest absolute Gasteiger partial charge is 0.243 e. The molecule has 2 heterocycles. The van der Waals surface area contributed by atoms with Crippen LogP contribution in [0.3, 0.4) is 0 Å². The minimum atomic E-state index is -0.0763. The molecule has 0 amide bonds. The molecule has 1 aromatic rings. The van der Waals surface area contributed by atoms with Crippen LogP contribution >= 0.6 is 0 Å². The van der Waals surface area contributed by atoms with E-state index in [1.165, 1.54) is 0 Å². The fraction of sp³-hybridized carbons (Fsp3) is 0.857. The molecule has 0 unspecified atom stereocenters. The first-order valence-electron chi connectivity index (χ1n) is 7.01. The van der Waals surface area contributed by atoms with Crippen LogP contribution in [-0.4, -0.2) is 40.3 Å². The van der Waals surface area contributed by atoms with E-state index < -0.39 is 0 Å². The van der Waals surface area contributed by atoms with Crippen LogP contribution in [0, 0.1) is 0 Å². The summed E-state index contributed by atoms with van der Waals surface area (Å²) in [7, 11) is 0. The molecule has 1 aromatic heterocycles. The van der Waals surface area contributed by atoms with E-state index >= 15 is 0 Å². The molecule has 1 fully saturated rings. The highest BCUT2D eigenvalue weighted by atomic mass is 16.5. The van der Waals surface area contributed by atoms with E-state index in [1.54, 1.807) is 0 Å². The largest absolute Gasteiger partial charge is 0.373 e. The zero-order chi connectivity index (χ0) is 14.2. The van der Waals surface area contributed by atoms with Crippen LogP contribution in [0.5, 0.6) is 0 Å². The number of ether oxygens (including phenoxy) is 1. The van der Waals surface area contributed by atoms with E-state index in [-0.39, 0.29) is 23.7 Å². The Kier molecular flexibility index (Phi) is 3.97. The zero-order valence-electron chi connectivity index (χ0n) is 12.8. The standard InChI is InChI=1S/C14H25N3O2/c1-9-7-17(8-10(2)18-9)11(3)12-15-13(16-19-12)14(4,5)6/h9-11H,7-8H2,1-6H3/t9-,10-,11-/m1/s1. The normalized spacial score (nSPS) is 27.5. The van der Waals surface area contributed by atoms with Gasteiger partial charge in [-0.05, 0) is 20.8 Å². The molecule has 2 rings (SSSR count). The van der Waals surface area contributed by atoms with Crippen LogP contribution in [0.4, 0.5) is 0 Å². The van der Waals surface area contributed by atoms with Crippen LogP contribution in [0.25, 0.3) is 0 Å². The van der Waals surface area contributed by atoms with Crippen molar-refractivity contribution in [1.29, 1.82) is 0 Å². The molecule has 0 saturated carbocycles. The van der Waals surface area contributed by atoms with E-state index in [4.69, 9.17) is 9.26 Å². The lowest BCUT2D eigenvalue weighted by atomic mass is 9.96. The van der Waals surface area contributed by atoms with Crippen molar-refractivity contribution in [2.75, 3.05) is 13.1 Å². The van der Waals surface area contributed by atoms with Gasteiger partial charge in [0.1, 0.15) is 0 Å². The van der Waals surface area contributed by atoms with Gasteiger partial charge in [0.2, 0.25) is 5.89 Å². The molecule has 5 nitrogen and oxygen atoms in total. The van der Waals surface area contributed by atoms with Gasteiger partial charge in [0.15, 0.2) is 5.82 Å². The monoisotopic (exact) mass is 267 g/mol. The minimum absolute atomic E-state index is 0.0763. The maximum atomic E-state index is 5.75. The third kappa shape index (κ3) is 3.34. The highest BCUT2D eigenvalue weighted by molar-refractivity contribution is 5.02. The molecule has 0 radical (unpaired) electrons. The second-order valence-electron chi connectivity index (χ2n) is 6.59.